The van der Waals surface area contributed by atoms with E-state index in [1.54, 1.807) is 0 Å². The first kappa shape index (κ1) is 40.7. The second-order valence-corrected chi connectivity index (χ2v) is 20.1. The summed E-state index contributed by atoms with van der Waals surface area (Å²) in [5, 5.41) is 1.07. The van der Waals surface area contributed by atoms with Crippen molar-refractivity contribution in [2.45, 2.75) is 129 Å². The molecule has 0 heterocycles. The highest BCUT2D eigenvalue weighted by Gasteiger charge is 2.51. The van der Waals surface area contributed by atoms with Gasteiger partial charge in [-0.1, -0.05) is 180 Å². The summed E-state index contributed by atoms with van der Waals surface area (Å²) in [5.74, 6) is 17.3. The second-order valence-electron chi connectivity index (χ2n) is 19.5. The Kier molecular flexibility index (Phi) is 9.97. The lowest BCUT2D eigenvalue weighted by Gasteiger charge is -2.44. The lowest BCUT2D eigenvalue weighted by Crippen LogP contribution is -2.30. The van der Waals surface area contributed by atoms with Gasteiger partial charge in [-0.3, -0.25) is 0 Å². The first-order valence-electron chi connectivity index (χ1n) is 23.5. The van der Waals surface area contributed by atoms with Gasteiger partial charge in [-0.05, 0) is 129 Å². The molecule has 0 nitrogen and oxygen atoms in total. The van der Waals surface area contributed by atoms with Crippen LogP contribution in [0, 0.1) is 36.0 Å². The molecule has 0 aromatic heterocycles. The Morgan fingerprint density at radius 2 is 0.871 bits per heavy atom. The third-order valence-electron chi connectivity index (χ3n) is 16.7. The number of hydrogen-bond acceptors (Lipinski definition) is 0. The Bertz CT molecular complexity index is 2790. The van der Waals surface area contributed by atoms with Crippen LogP contribution in [-0.4, -0.2) is 10.2 Å². The number of aryl methyl sites for hydroxylation is 1. The highest BCUT2D eigenvalue weighted by molar-refractivity contribution is 6.34. The van der Waals surface area contributed by atoms with Crippen LogP contribution < -0.4 is 5.19 Å². The lowest BCUT2D eigenvalue weighted by atomic mass is 9.58. The Hall–Kier alpha value is -5.34. The summed E-state index contributed by atoms with van der Waals surface area (Å²) in [4.78, 5) is 0. The number of rotatable bonds is 5. The summed E-state index contributed by atoms with van der Waals surface area (Å²) in [6, 6.07) is 41.9. The highest BCUT2D eigenvalue weighted by Crippen LogP contribution is 2.65. The van der Waals surface area contributed by atoms with Gasteiger partial charge in [-0.2, -0.15) is 0 Å². The molecule has 4 aliphatic rings. The van der Waals surface area contributed by atoms with Crippen LogP contribution in [0.1, 0.15) is 211 Å². The Balaban J connectivity index is 1.38. The van der Waals surface area contributed by atoms with Crippen molar-refractivity contribution in [3.05, 3.63) is 204 Å². The Labute approximate surface area is 375 Å². The van der Waals surface area contributed by atoms with Gasteiger partial charge in [-0.15, -0.1) is 0 Å². The molecule has 6 aromatic rings. The molecule has 6 atom stereocenters. The molecule has 0 bridgehead atoms. The minimum atomic E-state index is -0.0884. The summed E-state index contributed by atoms with van der Waals surface area (Å²) in [6.45, 7) is 21.2. The van der Waals surface area contributed by atoms with E-state index in [0.717, 1.165) is 36.4 Å². The van der Waals surface area contributed by atoms with Gasteiger partial charge in [0, 0.05) is 57.6 Å². The SMILES string of the molecule is CCC(C)(C#Cc1c2c(c(C#Cc3cc(C)c(C(C)(CC)CC)cc3[Si])c3c1C(C)c1ccccc1C1c4ccccc4C31)C1c3ccccc3C1c1ccccc1C2C)CC. The van der Waals surface area contributed by atoms with Gasteiger partial charge < -0.3 is 0 Å². The fourth-order valence-corrected chi connectivity index (χ4v) is 12.5. The van der Waals surface area contributed by atoms with Gasteiger partial charge in [0.1, 0.15) is 0 Å². The maximum atomic E-state index is 4.16. The van der Waals surface area contributed by atoms with E-state index in [2.05, 4.69) is 205 Å². The van der Waals surface area contributed by atoms with Gasteiger partial charge >= 0.3 is 0 Å². The van der Waals surface area contributed by atoms with E-state index >= 15 is 0 Å². The largest absolute Gasteiger partial charge is 0.0914 e. The van der Waals surface area contributed by atoms with E-state index in [1.165, 1.54) is 89.0 Å². The second kappa shape index (κ2) is 15.2. The summed E-state index contributed by atoms with van der Waals surface area (Å²) >= 11 is 0. The summed E-state index contributed by atoms with van der Waals surface area (Å²) in [7, 11) is 4.16. The van der Waals surface area contributed by atoms with Crippen molar-refractivity contribution in [2.24, 2.45) is 5.41 Å². The molecule has 62 heavy (non-hydrogen) atoms. The Morgan fingerprint density at radius 3 is 1.29 bits per heavy atom. The molecule has 1 heteroatoms. The molecule has 4 aliphatic carbocycles. The van der Waals surface area contributed by atoms with Gasteiger partial charge in [0.05, 0.1) is 10.2 Å². The van der Waals surface area contributed by atoms with Crippen LogP contribution in [0.3, 0.4) is 0 Å². The maximum absolute atomic E-state index is 4.16. The normalized spacial score (nSPS) is 21.1. The van der Waals surface area contributed by atoms with Gasteiger partial charge in [0.2, 0.25) is 0 Å². The van der Waals surface area contributed by atoms with E-state index in [-0.39, 0.29) is 46.3 Å². The fourth-order valence-electron chi connectivity index (χ4n) is 12.2. The van der Waals surface area contributed by atoms with E-state index in [0.29, 0.717) is 0 Å². The molecular weight excluding hydrogens is 761 g/mol. The van der Waals surface area contributed by atoms with E-state index < -0.39 is 0 Å². The molecule has 0 aliphatic heterocycles. The number of benzene rings is 6. The van der Waals surface area contributed by atoms with Crippen LogP contribution in [0.5, 0.6) is 0 Å². The predicted molar refractivity (Wildman–Crippen MR) is 261 cm³/mol. The van der Waals surface area contributed by atoms with Gasteiger partial charge in [0.15, 0.2) is 0 Å². The van der Waals surface area contributed by atoms with E-state index in [4.69, 9.17) is 0 Å². The average molecular weight is 820 g/mol. The first-order chi connectivity index (χ1) is 30.0. The van der Waals surface area contributed by atoms with Crippen molar-refractivity contribution in [3.8, 4) is 23.7 Å². The van der Waals surface area contributed by atoms with Crippen molar-refractivity contribution in [2.75, 3.05) is 0 Å². The van der Waals surface area contributed by atoms with Crippen LogP contribution in [0.15, 0.2) is 109 Å². The molecule has 10 rings (SSSR count). The molecular formula is C61H59Si. The maximum Gasteiger partial charge on any atom is 0.0729 e. The molecule has 0 saturated carbocycles. The van der Waals surface area contributed by atoms with Crippen LogP contribution in [-0.2, 0) is 5.41 Å². The molecule has 0 N–H and O–H groups in total. The van der Waals surface area contributed by atoms with E-state index in [9.17, 15) is 0 Å². The minimum Gasteiger partial charge on any atom is -0.0914 e. The molecule has 0 amide bonds. The van der Waals surface area contributed by atoms with Crippen molar-refractivity contribution < 1.29 is 0 Å². The first-order valence-corrected chi connectivity index (χ1v) is 24.0. The zero-order valence-electron chi connectivity index (χ0n) is 38.2. The molecule has 0 spiro atoms. The third kappa shape index (κ3) is 5.88. The van der Waals surface area contributed by atoms with Gasteiger partial charge in [-0.25, -0.2) is 0 Å². The monoisotopic (exact) mass is 819 g/mol. The minimum absolute atomic E-state index is 0.0884. The smallest absolute Gasteiger partial charge is 0.0729 e. The summed E-state index contributed by atoms with van der Waals surface area (Å²) < 4.78 is 0. The molecule has 6 aromatic carbocycles. The number of hydrogen-bond donors (Lipinski definition) is 0. The quantitative estimate of drug-likeness (QED) is 0.120. The molecule has 0 saturated heterocycles. The van der Waals surface area contributed by atoms with Crippen molar-refractivity contribution in [1.29, 1.82) is 0 Å². The average Bonchev–Trinajstić information content (AvgIpc) is 3.44. The van der Waals surface area contributed by atoms with Crippen LogP contribution in [0.25, 0.3) is 0 Å². The van der Waals surface area contributed by atoms with Crippen LogP contribution in [0.4, 0.5) is 0 Å². The summed E-state index contributed by atoms with van der Waals surface area (Å²) in [5.41, 5.74) is 23.4. The predicted octanol–water partition coefficient (Wildman–Crippen LogP) is 13.9. The molecule has 0 fully saturated rings. The van der Waals surface area contributed by atoms with Crippen molar-refractivity contribution in [1.82, 2.24) is 0 Å². The van der Waals surface area contributed by atoms with Crippen LogP contribution >= 0.6 is 0 Å². The topological polar surface area (TPSA) is 0 Å². The van der Waals surface area contributed by atoms with Crippen molar-refractivity contribution in [3.63, 3.8) is 0 Å². The van der Waals surface area contributed by atoms with Crippen molar-refractivity contribution >= 4 is 15.4 Å². The standard InChI is InChI=1S/C61H59Si/c1-10-60(8,11-2)33-32-49-52-37(6)40-22-14-16-24-42(40)54-44-26-18-20-28-46(44)56(54)58(52)48(31-30-39-34-36(5)50(35-51(39)62)61(9,12-3)13-4)59-53(49)38(7)41-23-15-17-25-43(41)55-45-27-19-21-29-47(45)57(55)59/h14-29,34-35,37-38,54-57H,10-13H2,1-9H3. The van der Waals surface area contributed by atoms with Gasteiger partial charge in [0.25, 0.3) is 0 Å². The highest BCUT2D eigenvalue weighted by atomic mass is 28.1. The van der Waals surface area contributed by atoms with Crippen LogP contribution in [0.2, 0.25) is 0 Å². The van der Waals surface area contributed by atoms with E-state index in [1.807, 2.05) is 0 Å². The lowest BCUT2D eigenvalue weighted by molar-refractivity contribution is 0.416. The molecule has 3 radical (unpaired) electrons. The zero-order chi connectivity index (χ0) is 43.2. The number of fused-ring (bicyclic) bond motifs is 16. The zero-order valence-corrected chi connectivity index (χ0v) is 39.2. The molecule has 307 valence electrons. The molecule has 6 unspecified atom stereocenters. The third-order valence-corrected chi connectivity index (χ3v) is 17.1. The fraction of sp³-hybridized carbons (Fsp3) is 0.344. The summed E-state index contributed by atoms with van der Waals surface area (Å²) in [6.07, 6.45) is 4.22. The Morgan fingerprint density at radius 1 is 0.484 bits per heavy atom.